The predicted molar refractivity (Wildman–Crippen MR) is 82.2 cm³/mol. The monoisotopic (exact) mass is 298 g/mol. The molecule has 0 spiro atoms. The highest BCUT2D eigenvalue weighted by molar-refractivity contribution is 5.85. The second-order valence-electron chi connectivity index (χ2n) is 5.09. The number of hydrogen-bond donors (Lipinski definition) is 2. The minimum atomic E-state index is 0. The van der Waals surface area contributed by atoms with Gasteiger partial charge in [-0.15, -0.1) is 12.4 Å². The summed E-state index contributed by atoms with van der Waals surface area (Å²) in [5, 5.41) is 3.05. The summed E-state index contributed by atoms with van der Waals surface area (Å²) >= 11 is 0. The van der Waals surface area contributed by atoms with Crippen molar-refractivity contribution in [1.29, 1.82) is 0 Å². The van der Waals surface area contributed by atoms with Crippen molar-refractivity contribution < 1.29 is 9.53 Å². The Balaban J connectivity index is 0.00000200. The molecule has 112 valence electrons. The van der Waals surface area contributed by atoms with Gasteiger partial charge in [-0.2, -0.15) is 0 Å². The molecule has 3 N–H and O–H groups in total. The highest BCUT2D eigenvalue weighted by Crippen LogP contribution is 2.17. The molecule has 0 heterocycles. The van der Waals surface area contributed by atoms with Gasteiger partial charge in [0.15, 0.2) is 0 Å². The molecular weight excluding hydrogens is 276 g/mol. The van der Waals surface area contributed by atoms with E-state index in [0.717, 1.165) is 31.4 Å². The second kappa shape index (κ2) is 8.82. The molecule has 0 aliphatic heterocycles. The number of amides is 1. The fourth-order valence-corrected chi connectivity index (χ4v) is 2.34. The number of rotatable bonds is 5. The molecule has 0 aromatic heterocycles. The molecule has 1 fully saturated rings. The van der Waals surface area contributed by atoms with E-state index in [4.69, 9.17) is 10.5 Å². The summed E-state index contributed by atoms with van der Waals surface area (Å²) in [7, 11) is 0. The largest absolute Gasteiger partial charge is 0.493 e. The van der Waals surface area contributed by atoms with Gasteiger partial charge in [0, 0.05) is 12.1 Å². The van der Waals surface area contributed by atoms with Crippen LogP contribution in [0.5, 0.6) is 5.75 Å². The number of para-hydroxylation sites is 1. The van der Waals surface area contributed by atoms with Crippen molar-refractivity contribution in [1.82, 2.24) is 5.32 Å². The molecule has 1 aromatic rings. The first-order chi connectivity index (χ1) is 9.24. The Morgan fingerprint density at radius 1 is 1.20 bits per heavy atom. The molecule has 0 unspecified atom stereocenters. The minimum absolute atomic E-state index is 0. The third-order valence-electron chi connectivity index (χ3n) is 3.48. The lowest BCUT2D eigenvalue weighted by molar-refractivity contribution is -0.122. The second-order valence-corrected chi connectivity index (χ2v) is 5.09. The summed E-state index contributed by atoms with van der Waals surface area (Å²) in [6.45, 7) is 0.419. The number of nitrogens with one attached hydrogen (secondary N) is 1. The van der Waals surface area contributed by atoms with Crippen LogP contribution >= 0.6 is 12.4 Å². The minimum Gasteiger partial charge on any atom is -0.493 e. The van der Waals surface area contributed by atoms with E-state index in [0.29, 0.717) is 25.1 Å². The van der Waals surface area contributed by atoms with E-state index in [1.807, 2.05) is 30.3 Å². The van der Waals surface area contributed by atoms with Gasteiger partial charge in [-0.1, -0.05) is 18.2 Å². The Labute approximate surface area is 126 Å². The Kier molecular flexibility index (Phi) is 7.41. The molecule has 0 atom stereocenters. The van der Waals surface area contributed by atoms with Crippen LogP contribution in [-0.2, 0) is 4.79 Å². The van der Waals surface area contributed by atoms with E-state index in [9.17, 15) is 4.79 Å². The summed E-state index contributed by atoms with van der Waals surface area (Å²) < 4.78 is 5.50. The van der Waals surface area contributed by atoms with Crippen LogP contribution in [0.4, 0.5) is 0 Å². The number of ether oxygens (including phenoxy) is 1. The molecule has 0 radical (unpaired) electrons. The van der Waals surface area contributed by atoms with Crippen molar-refractivity contribution in [3.8, 4) is 5.75 Å². The third-order valence-corrected chi connectivity index (χ3v) is 3.48. The van der Waals surface area contributed by atoms with Crippen LogP contribution in [0, 0.1) is 0 Å². The van der Waals surface area contributed by atoms with Crippen molar-refractivity contribution in [2.45, 2.75) is 44.2 Å². The summed E-state index contributed by atoms with van der Waals surface area (Å²) in [6.07, 6.45) is 4.40. The molecule has 0 bridgehead atoms. The molecule has 1 saturated carbocycles. The standard InChI is InChI=1S/C15H22N2O2.ClH/c16-12-6-8-13(9-7-12)17-15(18)10-11-19-14-4-2-1-3-5-14;/h1-5,12-13H,6-11,16H2,(H,17,18);1H. The highest BCUT2D eigenvalue weighted by atomic mass is 35.5. The topological polar surface area (TPSA) is 64.3 Å². The van der Waals surface area contributed by atoms with E-state index < -0.39 is 0 Å². The summed E-state index contributed by atoms with van der Waals surface area (Å²) in [5.41, 5.74) is 5.84. The van der Waals surface area contributed by atoms with Crippen LogP contribution in [0.25, 0.3) is 0 Å². The van der Waals surface area contributed by atoms with Crippen LogP contribution in [0.2, 0.25) is 0 Å². The molecule has 2 rings (SSSR count). The molecule has 1 aliphatic rings. The number of hydrogen-bond acceptors (Lipinski definition) is 3. The van der Waals surface area contributed by atoms with Gasteiger partial charge in [0.1, 0.15) is 5.75 Å². The van der Waals surface area contributed by atoms with Gasteiger partial charge in [0.2, 0.25) is 5.91 Å². The Morgan fingerprint density at radius 2 is 1.85 bits per heavy atom. The molecule has 1 aliphatic carbocycles. The van der Waals surface area contributed by atoms with Crippen LogP contribution in [0.3, 0.4) is 0 Å². The zero-order valence-electron chi connectivity index (χ0n) is 11.6. The number of nitrogens with two attached hydrogens (primary N) is 1. The predicted octanol–water partition coefficient (Wildman–Crippen LogP) is 2.26. The van der Waals surface area contributed by atoms with E-state index >= 15 is 0 Å². The van der Waals surface area contributed by atoms with Gasteiger partial charge in [0.05, 0.1) is 13.0 Å². The molecule has 4 nitrogen and oxygen atoms in total. The normalized spacial score (nSPS) is 21.6. The maximum absolute atomic E-state index is 11.8. The van der Waals surface area contributed by atoms with Gasteiger partial charge in [-0.3, -0.25) is 4.79 Å². The van der Waals surface area contributed by atoms with Crippen molar-refractivity contribution in [3.05, 3.63) is 30.3 Å². The lowest BCUT2D eigenvalue weighted by atomic mass is 9.92. The van der Waals surface area contributed by atoms with Gasteiger partial charge in [-0.05, 0) is 37.8 Å². The van der Waals surface area contributed by atoms with Crippen LogP contribution in [-0.4, -0.2) is 24.6 Å². The van der Waals surface area contributed by atoms with E-state index in [1.54, 1.807) is 0 Å². The zero-order valence-corrected chi connectivity index (χ0v) is 12.4. The molecular formula is C15H23ClN2O2. The van der Waals surface area contributed by atoms with Gasteiger partial charge in [0.25, 0.3) is 0 Å². The van der Waals surface area contributed by atoms with Crippen LogP contribution in [0.15, 0.2) is 30.3 Å². The maximum atomic E-state index is 11.8. The van der Waals surface area contributed by atoms with Gasteiger partial charge < -0.3 is 15.8 Å². The van der Waals surface area contributed by atoms with Crippen molar-refractivity contribution >= 4 is 18.3 Å². The molecule has 5 heteroatoms. The first kappa shape index (κ1) is 16.8. The van der Waals surface area contributed by atoms with E-state index in [-0.39, 0.29) is 18.3 Å². The van der Waals surface area contributed by atoms with Gasteiger partial charge in [-0.25, -0.2) is 0 Å². The summed E-state index contributed by atoms with van der Waals surface area (Å²) in [4.78, 5) is 11.8. The average molecular weight is 299 g/mol. The maximum Gasteiger partial charge on any atom is 0.223 e. The number of benzene rings is 1. The molecule has 0 saturated heterocycles. The summed E-state index contributed by atoms with van der Waals surface area (Å²) in [6, 6.07) is 10.2. The fourth-order valence-electron chi connectivity index (χ4n) is 2.34. The first-order valence-electron chi connectivity index (χ1n) is 6.97. The van der Waals surface area contributed by atoms with Crippen molar-refractivity contribution in [2.24, 2.45) is 5.73 Å². The SMILES string of the molecule is Cl.NC1CCC(NC(=O)CCOc2ccccc2)CC1. The lowest BCUT2D eigenvalue weighted by Crippen LogP contribution is -2.40. The Hall–Kier alpha value is -1.26. The quantitative estimate of drug-likeness (QED) is 0.876. The third kappa shape index (κ3) is 5.80. The number of carbonyl (C=O) groups is 1. The highest BCUT2D eigenvalue weighted by Gasteiger charge is 2.19. The smallest absolute Gasteiger partial charge is 0.223 e. The Morgan fingerprint density at radius 3 is 2.50 bits per heavy atom. The lowest BCUT2D eigenvalue weighted by Gasteiger charge is -2.26. The average Bonchev–Trinajstić information content (AvgIpc) is 2.43. The van der Waals surface area contributed by atoms with Gasteiger partial charge >= 0.3 is 0 Å². The number of carbonyl (C=O) groups excluding carboxylic acids is 1. The molecule has 1 amide bonds. The molecule has 1 aromatic carbocycles. The zero-order chi connectivity index (χ0) is 13.5. The van der Waals surface area contributed by atoms with Crippen molar-refractivity contribution in [3.63, 3.8) is 0 Å². The van der Waals surface area contributed by atoms with E-state index in [1.165, 1.54) is 0 Å². The van der Waals surface area contributed by atoms with Crippen molar-refractivity contribution in [2.75, 3.05) is 6.61 Å². The Bertz CT molecular complexity index is 392. The first-order valence-corrected chi connectivity index (χ1v) is 6.97. The van der Waals surface area contributed by atoms with E-state index in [2.05, 4.69) is 5.32 Å². The summed E-state index contributed by atoms with van der Waals surface area (Å²) in [5.74, 6) is 0.871. The number of halogens is 1. The van der Waals surface area contributed by atoms with Crippen LogP contribution < -0.4 is 15.8 Å². The van der Waals surface area contributed by atoms with Crippen LogP contribution in [0.1, 0.15) is 32.1 Å². The molecule has 20 heavy (non-hydrogen) atoms. The fraction of sp³-hybridized carbons (Fsp3) is 0.533.